The summed E-state index contributed by atoms with van der Waals surface area (Å²) >= 11 is 1.29. The molecule has 0 aliphatic carbocycles. The first kappa shape index (κ1) is 22.9. The summed E-state index contributed by atoms with van der Waals surface area (Å²) in [6.07, 6.45) is 2.19. The lowest BCUT2D eigenvalue weighted by Crippen LogP contribution is -2.32. The van der Waals surface area contributed by atoms with Crippen molar-refractivity contribution >= 4 is 40.4 Å². The van der Waals surface area contributed by atoms with Crippen molar-refractivity contribution < 1.29 is 4.79 Å². The molecule has 4 heterocycles. The first-order chi connectivity index (χ1) is 17.4. The van der Waals surface area contributed by atoms with E-state index in [-0.39, 0.29) is 17.2 Å². The molecule has 0 atom stereocenters. The van der Waals surface area contributed by atoms with Crippen molar-refractivity contribution in [3.05, 3.63) is 86.8 Å². The first-order valence-corrected chi connectivity index (χ1v) is 13.1. The molecular weight excluding hydrogens is 468 g/mol. The second kappa shape index (κ2) is 8.84. The van der Waals surface area contributed by atoms with E-state index in [0.29, 0.717) is 22.7 Å². The quantitative estimate of drug-likeness (QED) is 0.365. The minimum absolute atomic E-state index is 0.223. The van der Waals surface area contributed by atoms with E-state index in [9.17, 15) is 9.59 Å². The van der Waals surface area contributed by atoms with Crippen LogP contribution in [-0.2, 0) is 6.54 Å². The SMILES string of the molecule is CCN1C/C(=C\c2ccc(C)cc2)c2nc3nc4n(c(=O)c3c(-c3ccc(C)cc3)c2C1)C(=O)CS4. The molecule has 0 saturated carbocycles. The van der Waals surface area contributed by atoms with Gasteiger partial charge in [-0.3, -0.25) is 14.5 Å². The van der Waals surface area contributed by atoms with Gasteiger partial charge < -0.3 is 0 Å². The van der Waals surface area contributed by atoms with Crippen molar-refractivity contribution in [2.45, 2.75) is 32.5 Å². The molecule has 0 spiro atoms. The zero-order chi connectivity index (χ0) is 25.0. The molecule has 0 bridgehead atoms. The smallest absolute Gasteiger partial charge is 0.271 e. The topological polar surface area (TPSA) is 68.1 Å². The number of rotatable bonds is 3. The average Bonchev–Trinajstić information content (AvgIpc) is 3.25. The number of aromatic nitrogens is 3. The number of thioether (sulfide) groups is 1. The van der Waals surface area contributed by atoms with Crippen LogP contribution in [0, 0.1) is 13.8 Å². The highest BCUT2D eigenvalue weighted by Gasteiger charge is 2.31. The third-order valence-corrected chi connectivity index (χ3v) is 7.87. The van der Waals surface area contributed by atoms with Gasteiger partial charge in [0.2, 0.25) is 5.91 Å². The van der Waals surface area contributed by atoms with Gasteiger partial charge in [-0.1, -0.05) is 78.3 Å². The van der Waals surface area contributed by atoms with Crippen LogP contribution in [0.25, 0.3) is 33.8 Å². The van der Waals surface area contributed by atoms with Gasteiger partial charge in [-0.25, -0.2) is 14.5 Å². The van der Waals surface area contributed by atoms with Crippen LogP contribution in [0.2, 0.25) is 0 Å². The fourth-order valence-corrected chi connectivity index (χ4v) is 5.84. The lowest BCUT2D eigenvalue weighted by atomic mass is 9.89. The summed E-state index contributed by atoms with van der Waals surface area (Å²) in [6.45, 7) is 8.58. The Bertz CT molecular complexity index is 1620. The fourth-order valence-electron chi connectivity index (χ4n) is 5.00. The first-order valence-electron chi connectivity index (χ1n) is 12.2. The molecule has 4 aromatic rings. The van der Waals surface area contributed by atoms with E-state index in [0.717, 1.165) is 52.2 Å². The van der Waals surface area contributed by atoms with E-state index in [1.54, 1.807) is 0 Å². The van der Waals surface area contributed by atoms with E-state index in [1.807, 2.05) is 19.1 Å². The molecule has 2 aromatic heterocycles. The fraction of sp³-hybridized carbons (Fsp3) is 0.241. The Balaban J connectivity index is 1.70. The van der Waals surface area contributed by atoms with Crippen molar-refractivity contribution in [1.82, 2.24) is 19.4 Å². The lowest BCUT2D eigenvalue weighted by Gasteiger charge is -2.31. The Morgan fingerprint density at radius 2 is 1.64 bits per heavy atom. The third kappa shape index (κ3) is 3.79. The number of hydrogen-bond acceptors (Lipinski definition) is 6. The monoisotopic (exact) mass is 494 g/mol. The van der Waals surface area contributed by atoms with Crippen molar-refractivity contribution in [2.24, 2.45) is 0 Å². The number of hydrogen-bond donors (Lipinski definition) is 0. The molecule has 2 aromatic carbocycles. The molecule has 6 nitrogen and oxygen atoms in total. The summed E-state index contributed by atoms with van der Waals surface area (Å²) in [5.74, 6) is -0.00234. The van der Waals surface area contributed by atoms with Gasteiger partial charge in [0.25, 0.3) is 5.56 Å². The molecule has 0 radical (unpaired) electrons. The van der Waals surface area contributed by atoms with Crippen LogP contribution < -0.4 is 5.56 Å². The Labute approximate surface area is 213 Å². The van der Waals surface area contributed by atoms with Crippen LogP contribution in [-0.4, -0.2) is 44.2 Å². The molecule has 6 rings (SSSR count). The molecule has 0 amide bonds. The highest BCUT2D eigenvalue weighted by Crippen LogP contribution is 2.39. The van der Waals surface area contributed by atoms with Gasteiger partial charge in [-0.15, -0.1) is 0 Å². The Morgan fingerprint density at radius 1 is 0.944 bits per heavy atom. The molecular formula is C29H26N4O2S. The summed E-state index contributed by atoms with van der Waals surface area (Å²) < 4.78 is 1.22. The largest absolute Gasteiger partial charge is 0.295 e. The standard InChI is InChI=1S/C29H26N4O2S/c1-4-32-14-21(13-19-9-5-17(2)6-10-19)26-22(15-32)24(20-11-7-18(3)8-12-20)25-27(30-26)31-29-33(28(25)35)23(34)16-36-29/h5-13H,4,14-16H2,1-3H3/b21-13+. The molecule has 7 heteroatoms. The van der Waals surface area contributed by atoms with E-state index in [1.165, 1.54) is 21.9 Å². The van der Waals surface area contributed by atoms with Gasteiger partial charge in [-0.2, -0.15) is 0 Å². The number of carbonyl (C=O) groups is 1. The molecule has 2 aliphatic rings. The minimum atomic E-state index is -0.325. The Morgan fingerprint density at radius 3 is 2.33 bits per heavy atom. The average molecular weight is 495 g/mol. The van der Waals surface area contributed by atoms with Crippen molar-refractivity contribution in [1.29, 1.82) is 0 Å². The predicted octanol–water partition coefficient (Wildman–Crippen LogP) is 5.20. The maximum absolute atomic E-state index is 13.8. The summed E-state index contributed by atoms with van der Waals surface area (Å²) in [7, 11) is 0. The molecule has 180 valence electrons. The van der Waals surface area contributed by atoms with Gasteiger partial charge in [-0.05, 0) is 43.2 Å². The van der Waals surface area contributed by atoms with Crippen molar-refractivity contribution in [3.63, 3.8) is 0 Å². The summed E-state index contributed by atoms with van der Waals surface area (Å²) in [5, 5.41) is 0.847. The highest BCUT2D eigenvalue weighted by molar-refractivity contribution is 8.00. The van der Waals surface area contributed by atoms with Crippen LogP contribution in [0.15, 0.2) is 58.5 Å². The number of pyridine rings is 1. The Hall–Kier alpha value is -3.55. The Kier molecular flexibility index (Phi) is 5.62. The predicted molar refractivity (Wildman–Crippen MR) is 145 cm³/mol. The lowest BCUT2D eigenvalue weighted by molar-refractivity contribution is 0.0934. The molecule has 0 fully saturated rings. The van der Waals surface area contributed by atoms with Crippen molar-refractivity contribution in [3.8, 4) is 11.1 Å². The molecule has 36 heavy (non-hydrogen) atoms. The van der Waals surface area contributed by atoms with Crippen LogP contribution in [0.4, 0.5) is 0 Å². The van der Waals surface area contributed by atoms with Crippen LogP contribution in [0.3, 0.4) is 0 Å². The number of carbonyl (C=O) groups excluding carboxylic acids is 1. The number of fused-ring (bicyclic) bond motifs is 3. The molecule has 0 unspecified atom stereocenters. The van der Waals surface area contributed by atoms with Gasteiger partial charge in [0.05, 0.1) is 16.8 Å². The number of benzene rings is 2. The summed E-state index contributed by atoms with van der Waals surface area (Å²) in [5.41, 5.74) is 8.32. The van der Waals surface area contributed by atoms with Gasteiger partial charge in [0, 0.05) is 24.2 Å². The molecule has 2 aliphatic heterocycles. The highest BCUT2D eigenvalue weighted by atomic mass is 32.2. The number of likely N-dealkylation sites (N-methyl/N-ethyl adjacent to an activating group) is 1. The van der Waals surface area contributed by atoms with Crippen LogP contribution in [0.1, 0.15) is 39.7 Å². The summed E-state index contributed by atoms with van der Waals surface area (Å²) in [4.78, 5) is 38.4. The van der Waals surface area contributed by atoms with Crippen LogP contribution in [0.5, 0.6) is 0 Å². The van der Waals surface area contributed by atoms with E-state index in [4.69, 9.17) is 9.97 Å². The number of aryl methyl sites for hydroxylation is 2. The molecule has 0 N–H and O–H groups in total. The van der Waals surface area contributed by atoms with Gasteiger partial charge in [0.15, 0.2) is 10.8 Å². The summed E-state index contributed by atoms with van der Waals surface area (Å²) in [6, 6.07) is 16.7. The molecule has 0 saturated heterocycles. The van der Waals surface area contributed by atoms with Gasteiger partial charge in [0.1, 0.15) is 0 Å². The second-order valence-electron chi connectivity index (χ2n) is 9.48. The van der Waals surface area contributed by atoms with E-state index < -0.39 is 0 Å². The van der Waals surface area contributed by atoms with Crippen molar-refractivity contribution in [2.75, 3.05) is 18.8 Å². The zero-order valence-electron chi connectivity index (χ0n) is 20.5. The minimum Gasteiger partial charge on any atom is -0.295 e. The van der Waals surface area contributed by atoms with E-state index in [2.05, 4.69) is 61.2 Å². The second-order valence-corrected chi connectivity index (χ2v) is 10.4. The maximum Gasteiger partial charge on any atom is 0.271 e. The van der Waals surface area contributed by atoms with Gasteiger partial charge >= 0.3 is 0 Å². The number of nitrogens with zero attached hydrogens (tertiary/aromatic N) is 4. The van der Waals surface area contributed by atoms with E-state index >= 15 is 0 Å². The normalized spacial score (nSPS) is 16.5. The maximum atomic E-state index is 13.8. The third-order valence-electron chi connectivity index (χ3n) is 6.95. The zero-order valence-corrected chi connectivity index (χ0v) is 21.4. The van der Waals surface area contributed by atoms with Crippen LogP contribution >= 0.6 is 11.8 Å².